The molecule has 1 aliphatic rings. The molecule has 132 valence electrons. The zero-order valence-corrected chi connectivity index (χ0v) is 14.8. The van der Waals surface area contributed by atoms with Gasteiger partial charge in [-0.3, -0.25) is 0 Å². The smallest absolute Gasteiger partial charge is 0.335 e. The van der Waals surface area contributed by atoms with E-state index in [4.69, 9.17) is 5.11 Å². The molecule has 0 spiro atoms. The number of hydrogen-bond acceptors (Lipinski definition) is 5. The quantitative estimate of drug-likeness (QED) is 0.896. The van der Waals surface area contributed by atoms with Gasteiger partial charge in [-0.25, -0.2) is 23.2 Å². The van der Waals surface area contributed by atoms with Crippen molar-refractivity contribution in [2.24, 2.45) is 0 Å². The zero-order chi connectivity index (χ0) is 18.2. The highest BCUT2D eigenvalue weighted by Crippen LogP contribution is 2.33. The van der Waals surface area contributed by atoms with Crippen LogP contribution in [0.1, 0.15) is 40.8 Å². The molecule has 1 saturated heterocycles. The molecule has 1 aliphatic heterocycles. The maximum atomic E-state index is 12.0. The van der Waals surface area contributed by atoms with Gasteiger partial charge in [0.1, 0.15) is 5.82 Å². The molecule has 0 bridgehead atoms. The Labute approximate surface area is 146 Å². The maximum Gasteiger partial charge on any atom is 0.335 e. The minimum absolute atomic E-state index is 0.175. The van der Waals surface area contributed by atoms with Gasteiger partial charge in [-0.1, -0.05) is 12.1 Å². The van der Waals surface area contributed by atoms with E-state index >= 15 is 0 Å². The lowest BCUT2D eigenvalue weighted by Crippen LogP contribution is -2.30. The molecule has 8 heteroatoms. The largest absolute Gasteiger partial charge is 0.478 e. The normalized spacial score (nSPS) is 18.4. The van der Waals surface area contributed by atoms with Crippen LogP contribution in [0.25, 0.3) is 11.3 Å². The van der Waals surface area contributed by atoms with Crippen LogP contribution < -0.4 is 0 Å². The van der Waals surface area contributed by atoms with Gasteiger partial charge in [0.25, 0.3) is 0 Å². The third-order valence-electron chi connectivity index (χ3n) is 4.20. The summed E-state index contributed by atoms with van der Waals surface area (Å²) in [6.07, 6.45) is 2.63. The summed E-state index contributed by atoms with van der Waals surface area (Å²) in [4.78, 5) is 20.1. The molecule has 3 rings (SSSR count). The number of aromatic nitrogens is 2. The third-order valence-corrected chi connectivity index (χ3v) is 5.49. The summed E-state index contributed by atoms with van der Waals surface area (Å²) in [7, 11) is -3.33. The van der Waals surface area contributed by atoms with Crippen molar-refractivity contribution in [3.8, 4) is 11.3 Å². The molecule has 1 aromatic carbocycles. The Morgan fingerprint density at radius 2 is 2.04 bits per heavy atom. The number of nitrogens with zero attached hydrogens (tertiary/aromatic N) is 3. The van der Waals surface area contributed by atoms with Crippen molar-refractivity contribution >= 4 is 16.0 Å². The lowest BCUT2D eigenvalue weighted by molar-refractivity contribution is 0.0697. The molecule has 0 radical (unpaired) electrons. The number of benzene rings is 1. The van der Waals surface area contributed by atoms with Crippen molar-refractivity contribution in [1.29, 1.82) is 0 Å². The molecule has 1 unspecified atom stereocenters. The highest BCUT2D eigenvalue weighted by atomic mass is 32.2. The van der Waals surface area contributed by atoms with E-state index in [2.05, 4.69) is 9.97 Å². The van der Waals surface area contributed by atoms with E-state index in [-0.39, 0.29) is 11.6 Å². The minimum atomic E-state index is -3.33. The topological polar surface area (TPSA) is 100 Å². The first-order chi connectivity index (χ1) is 11.8. The summed E-state index contributed by atoms with van der Waals surface area (Å²) in [5.41, 5.74) is 2.14. The summed E-state index contributed by atoms with van der Waals surface area (Å²) in [6.45, 7) is 2.28. The molecule has 1 fully saturated rings. The van der Waals surface area contributed by atoms with E-state index in [9.17, 15) is 13.2 Å². The lowest BCUT2D eigenvalue weighted by Gasteiger charge is -2.21. The molecule has 1 atom stereocenters. The first-order valence-electron chi connectivity index (χ1n) is 7.92. The Balaban J connectivity index is 2.04. The van der Waals surface area contributed by atoms with Gasteiger partial charge in [0, 0.05) is 17.8 Å². The van der Waals surface area contributed by atoms with E-state index < -0.39 is 16.0 Å². The summed E-state index contributed by atoms with van der Waals surface area (Å²) >= 11 is 0. The fourth-order valence-electron chi connectivity index (χ4n) is 3.10. The average molecular weight is 361 g/mol. The van der Waals surface area contributed by atoms with Gasteiger partial charge in [-0.15, -0.1) is 0 Å². The first-order valence-corrected chi connectivity index (χ1v) is 9.76. The van der Waals surface area contributed by atoms with Crippen LogP contribution in [0.2, 0.25) is 0 Å². The van der Waals surface area contributed by atoms with Gasteiger partial charge in [0.15, 0.2) is 0 Å². The Bertz CT molecular complexity index is 927. The number of aryl methyl sites for hydroxylation is 1. The second-order valence-electron chi connectivity index (χ2n) is 6.17. The molecule has 0 aliphatic carbocycles. The van der Waals surface area contributed by atoms with Gasteiger partial charge < -0.3 is 5.11 Å². The Morgan fingerprint density at radius 3 is 2.72 bits per heavy atom. The lowest BCUT2D eigenvalue weighted by atomic mass is 10.1. The summed E-state index contributed by atoms with van der Waals surface area (Å²) in [5.74, 6) is -0.550. The number of sulfonamides is 1. The fraction of sp³-hybridized carbons (Fsp3) is 0.353. The molecule has 25 heavy (non-hydrogen) atoms. The highest BCUT2D eigenvalue weighted by Gasteiger charge is 2.34. The summed E-state index contributed by atoms with van der Waals surface area (Å²) in [6, 6.07) is 7.90. The minimum Gasteiger partial charge on any atom is -0.478 e. The summed E-state index contributed by atoms with van der Waals surface area (Å²) < 4.78 is 25.4. The van der Waals surface area contributed by atoms with Crippen LogP contribution in [0.15, 0.2) is 30.3 Å². The monoisotopic (exact) mass is 361 g/mol. The maximum absolute atomic E-state index is 12.0. The van der Waals surface area contributed by atoms with Crippen molar-refractivity contribution in [3.63, 3.8) is 0 Å². The van der Waals surface area contributed by atoms with E-state index in [0.717, 1.165) is 6.42 Å². The number of carboxylic acids is 1. The van der Waals surface area contributed by atoms with Crippen LogP contribution in [0.3, 0.4) is 0 Å². The van der Waals surface area contributed by atoms with Crippen molar-refractivity contribution in [2.45, 2.75) is 25.8 Å². The van der Waals surface area contributed by atoms with Gasteiger partial charge in [0.05, 0.1) is 23.6 Å². The number of aromatic carboxylic acids is 1. The van der Waals surface area contributed by atoms with Crippen LogP contribution in [0.4, 0.5) is 0 Å². The highest BCUT2D eigenvalue weighted by molar-refractivity contribution is 7.88. The second-order valence-corrected chi connectivity index (χ2v) is 8.11. The van der Waals surface area contributed by atoms with E-state index in [0.29, 0.717) is 35.7 Å². The predicted octanol–water partition coefficient (Wildman–Crippen LogP) is 2.25. The molecule has 1 aromatic heterocycles. The Hall–Kier alpha value is -2.32. The van der Waals surface area contributed by atoms with Crippen LogP contribution in [0.5, 0.6) is 0 Å². The molecular weight excluding hydrogens is 342 g/mol. The van der Waals surface area contributed by atoms with Gasteiger partial charge in [-0.2, -0.15) is 4.31 Å². The number of rotatable bonds is 4. The second kappa shape index (κ2) is 6.53. The Kier molecular flexibility index (Phi) is 4.57. The van der Waals surface area contributed by atoms with E-state index in [1.807, 2.05) is 6.92 Å². The van der Waals surface area contributed by atoms with Crippen molar-refractivity contribution in [2.75, 3.05) is 12.8 Å². The van der Waals surface area contributed by atoms with Gasteiger partial charge in [0.2, 0.25) is 10.0 Å². The first kappa shape index (κ1) is 17.5. The van der Waals surface area contributed by atoms with Gasteiger partial charge >= 0.3 is 5.97 Å². The fourth-order valence-corrected chi connectivity index (χ4v) is 4.22. The number of hydrogen-bond donors (Lipinski definition) is 1. The molecule has 0 amide bonds. The van der Waals surface area contributed by atoms with Gasteiger partial charge in [-0.05, 0) is 38.0 Å². The van der Waals surface area contributed by atoms with Crippen LogP contribution in [-0.4, -0.2) is 46.6 Å². The zero-order valence-electron chi connectivity index (χ0n) is 14.0. The van der Waals surface area contributed by atoms with Crippen molar-refractivity contribution in [1.82, 2.24) is 14.3 Å². The van der Waals surface area contributed by atoms with Crippen molar-refractivity contribution in [3.05, 3.63) is 47.4 Å². The average Bonchev–Trinajstić information content (AvgIpc) is 3.04. The van der Waals surface area contributed by atoms with Crippen molar-refractivity contribution < 1.29 is 18.3 Å². The van der Waals surface area contributed by atoms with Crippen LogP contribution >= 0.6 is 0 Å². The molecular formula is C17H19N3O4S. The number of carboxylic acid groups (broad SMARTS) is 1. The van der Waals surface area contributed by atoms with Crippen LogP contribution in [-0.2, 0) is 10.0 Å². The van der Waals surface area contributed by atoms with E-state index in [1.165, 1.54) is 16.6 Å². The number of carbonyl (C=O) groups is 1. The molecule has 2 heterocycles. The molecule has 2 aromatic rings. The SMILES string of the molecule is Cc1cc(-c2cccc(C(=O)O)c2)nc(C2CCCN2S(C)(=O)=O)n1. The third kappa shape index (κ3) is 3.69. The molecule has 1 N–H and O–H groups in total. The molecule has 7 nitrogen and oxygen atoms in total. The Morgan fingerprint density at radius 1 is 1.28 bits per heavy atom. The van der Waals surface area contributed by atoms with Crippen LogP contribution in [0, 0.1) is 6.92 Å². The standard InChI is InChI=1S/C17H19N3O4S/c1-11-9-14(12-5-3-6-13(10-12)17(21)22)19-16(18-11)15-7-4-8-20(15)25(2,23)24/h3,5-6,9-10,15H,4,7-8H2,1-2H3,(H,21,22). The predicted molar refractivity (Wildman–Crippen MR) is 92.7 cm³/mol. The molecule has 0 saturated carbocycles. The van der Waals surface area contributed by atoms with E-state index in [1.54, 1.807) is 24.3 Å². The summed E-state index contributed by atoms with van der Waals surface area (Å²) in [5, 5.41) is 9.16.